The largest absolute Gasteiger partial charge is 0.139 e. The molecule has 0 aliphatic carbocycles. The lowest BCUT2D eigenvalue weighted by molar-refractivity contribution is 0.604. The molecule has 0 saturated carbocycles. The Hall–Kier alpha value is -3.46. The van der Waals surface area contributed by atoms with Gasteiger partial charge in [-0.25, -0.2) is 0 Å². The summed E-state index contributed by atoms with van der Waals surface area (Å²) in [6.07, 6.45) is 0. The summed E-state index contributed by atoms with van der Waals surface area (Å²) in [6, 6.07) is 36.3. The van der Waals surface area contributed by atoms with Crippen LogP contribution in [0.5, 0.6) is 0 Å². The van der Waals surface area contributed by atoms with Crippen LogP contribution < -0.4 is 0 Å². The molecule has 0 fully saturated rings. The first-order chi connectivity index (χ1) is 19.1. The van der Waals surface area contributed by atoms with Crippen molar-refractivity contribution >= 4 is 64.4 Å². The normalized spacial score (nSPS) is 12.8. The molecule has 7 rings (SSSR count). The molecule has 0 aliphatic heterocycles. The third-order valence-corrected chi connectivity index (χ3v) is 11.2. The van der Waals surface area contributed by atoms with Crippen molar-refractivity contribution < 1.29 is 0 Å². The molecule has 0 N–H and O–H groups in total. The van der Waals surface area contributed by atoms with E-state index in [1.807, 2.05) is 22.7 Å². The van der Waals surface area contributed by atoms with Gasteiger partial charge in [-0.15, -0.1) is 22.7 Å². The zero-order valence-corrected chi connectivity index (χ0v) is 25.7. The monoisotopic (exact) mass is 554 g/mol. The minimum atomic E-state index is 0.0692. The van der Waals surface area contributed by atoms with Gasteiger partial charge in [0.1, 0.15) is 0 Å². The molecule has 40 heavy (non-hydrogen) atoms. The second-order valence-corrected chi connectivity index (χ2v) is 15.1. The van der Waals surface area contributed by atoms with Gasteiger partial charge in [0.05, 0.1) is 0 Å². The lowest BCUT2D eigenvalue weighted by Gasteiger charge is -2.15. The van der Waals surface area contributed by atoms with E-state index in [2.05, 4.69) is 139 Å². The number of rotatable bonds is 2. The number of fused-ring (bicyclic) bond motifs is 4. The summed E-state index contributed by atoms with van der Waals surface area (Å²) in [7, 11) is 0. The van der Waals surface area contributed by atoms with E-state index in [-0.39, 0.29) is 10.8 Å². The Balaban J connectivity index is 1.73. The maximum absolute atomic E-state index is 2.50. The quantitative estimate of drug-likeness (QED) is 0.199. The Morgan fingerprint density at radius 1 is 0.425 bits per heavy atom. The van der Waals surface area contributed by atoms with E-state index in [0.717, 1.165) is 0 Å². The zero-order chi connectivity index (χ0) is 27.8. The predicted octanol–water partition coefficient (Wildman–Crippen LogP) is 12.4. The Kier molecular flexibility index (Phi) is 5.75. The molecule has 0 nitrogen and oxygen atoms in total. The molecule has 5 aromatic carbocycles. The van der Waals surface area contributed by atoms with E-state index < -0.39 is 0 Å². The fourth-order valence-corrected chi connectivity index (χ4v) is 8.52. The van der Waals surface area contributed by atoms with Crippen molar-refractivity contribution in [2.24, 2.45) is 0 Å². The topological polar surface area (TPSA) is 0 Å². The molecule has 2 heterocycles. The summed E-state index contributed by atoms with van der Waals surface area (Å²) in [5, 5.41) is 7.98. The van der Waals surface area contributed by atoms with Gasteiger partial charge in [-0.1, -0.05) is 126 Å². The summed E-state index contributed by atoms with van der Waals surface area (Å²) in [4.78, 5) is 2.86. The van der Waals surface area contributed by atoms with Gasteiger partial charge in [0.15, 0.2) is 0 Å². The van der Waals surface area contributed by atoms with Crippen molar-refractivity contribution in [2.75, 3.05) is 0 Å². The summed E-state index contributed by atoms with van der Waals surface area (Å²) in [5.41, 5.74) is 5.58. The van der Waals surface area contributed by atoms with E-state index in [4.69, 9.17) is 0 Å². The van der Waals surface area contributed by atoms with Gasteiger partial charge in [-0.3, -0.25) is 0 Å². The van der Waals surface area contributed by atoms with Gasteiger partial charge >= 0.3 is 0 Å². The molecule has 0 saturated heterocycles. The van der Waals surface area contributed by atoms with Crippen LogP contribution in [0.1, 0.15) is 51.3 Å². The molecule has 0 unspecified atom stereocenters. The van der Waals surface area contributed by atoms with E-state index in [1.165, 1.54) is 73.7 Å². The minimum absolute atomic E-state index is 0.0692. The van der Waals surface area contributed by atoms with Crippen molar-refractivity contribution in [1.82, 2.24) is 0 Å². The van der Waals surface area contributed by atoms with Crippen molar-refractivity contribution in [3.05, 3.63) is 107 Å². The van der Waals surface area contributed by atoms with Gasteiger partial charge in [0, 0.05) is 41.1 Å². The van der Waals surface area contributed by atoms with Gasteiger partial charge < -0.3 is 0 Å². The van der Waals surface area contributed by atoms with Crippen LogP contribution in [0.3, 0.4) is 0 Å². The first-order valence-corrected chi connectivity index (χ1v) is 15.7. The molecule has 0 aliphatic rings. The smallest absolute Gasteiger partial charge is 0.0437 e. The molecular weight excluding hydrogens is 521 g/mol. The van der Waals surface area contributed by atoms with Crippen molar-refractivity contribution in [2.45, 2.75) is 52.4 Å². The summed E-state index contributed by atoms with van der Waals surface area (Å²) in [6.45, 7) is 14.0. The Labute approximate surface area is 244 Å². The lowest BCUT2D eigenvalue weighted by atomic mass is 9.87. The van der Waals surface area contributed by atoms with E-state index in [1.54, 1.807) is 0 Å². The SMILES string of the molecule is CC(C)(C)c1cc2c(-c3cccc4ccccc34)c3sc(C(C)(C)C)cc3c(-c3cccc4ccccc34)c2s1. The second-order valence-electron chi connectivity index (χ2n) is 13.0. The Morgan fingerprint density at radius 2 is 0.800 bits per heavy atom. The third kappa shape index (κ3) is 4.00. The van der Waals surface area contributed by atoms with Crippen LogP contribution >= 0.6 is 22.7 Å². The molecular formula is C38H34S2. The highest BCUT2D eigenvalue weighted by atomic mass is 32.1. The highest BCUT2D eigenvalue weighted by Crippen LogP contribution is 2.53. The summed E-state index contributed by atoms with van der Waals surface area (Å²) in [5.74, 6) is 0. The third-order valence-electron chi connectivity index (χ3n) is 8.05. The Morgan fingerprint density at radius 3 is 1.20 bits per heavy atom. The molecule has 2 heteroatoms. The number of thiophene rings is 2. The number of benzene rings is 5. The number of hydrogen-bond donors (Lipinski definition) is 0. The second kappa shape index (κ2) is 9.03. The highest BCUT2D eigenvalue weighted by Gasteiger charge is 2.27. The van der Waals surface area contributed by atoms with Crippen LogP contribution in [-0.2, 0) is 10.8 Å². The van der Waals surface area contributed by atoms with Crippen molar-refractivity contribution in [3.8, 4) is 22.3 Å². The zero-order valence-electron chi connectivity index (χ0n) is 24.1. The molecule has 2 aromatic heterocycles. The minimum Gasteiger partial charge on any atom is -0.139 e. The van der Waals surface area contributed by atoms with Gasteiger partial charge in [-0.05, 0) is 55.6 Å². The fourth-order valence-electron chi connectivity index (χ4n) is 5.93. The van der Waals surface area contributed by atoms with Gasteiger partial charge in [-0.2, -0.15) is 0 Å². The standard InChI is InChI=1S/C38H34S2/c1-37(2,3)31-21-29-33(27-19-11-15-23-13-7-9-17-25(23)27)36-30(22-32(40-36)38(4,5)6)34(35(29)39-31)28-20-12-16-24-14-8-10-18-26(24)28/h7-22H,1-6H3. The molecule has 0 atom stereocenters. The lowest BCUT2D eigenvalue weighted by Crippen LogP contribution is -2.07. The van der Waals surface area contributed by atoms with Crippen LogP contribution in [0.15, 0.2) is 97.1 Å². The van der Waals surface area contributed by atoms with Crippen molar-refractivity contribution in [1.29, 1.82) is 0 Å². The molecule has 198 valence electrons. The van der Waals surface area contributed by atoms with E-state index >= 15 is 0 Å². The van der Waals surface area contributed by atoms with Crippen LogP contribution in [0, 0.1) is 0 Å². The molecule has 0 spiro atoms. The summed E-state index contributed by atoms with van der Waals surface area (Å²) < 4.78 is 2.80. The van der Waals surface area contributed by atoms with E-state index in [0.29, 0.717) is 0 Å². The highest BCUT2D eigenvalue weighted by molar-refractivity contribution is 7.22. The predicted molar refractivity (Wildman–Crippen MR) is 180 cm³/mol. The first-order valence-electron chi connectivity index (χ1n) is 14.1. The van der Waals surface area contributed by atoms with Crippen LogP contribution in [-0.4, -0.2) is 0 Å². The van der Waals surface area contributed by atoms with E-state index in [9.17, 15) is 0 Å². The van der Waals surface area contributed by atoms with Crippen LogP contribution in [0.2, 0.25) is 0 Å². The van der Waals surface area contributed by atoms with Crippen molar-refractivity contribution in [3.63, 3.8) is 0 Å². The average Bonchev–Trinajstić information content (AvgIpc) is 3.57. The first kappa shape index (κ1) is 25.5. The molecule has 0 amide bonds. The van der Waals surface area contributed by atoms with Crippen LogP contribution in [0.4, 0.5) is 0 Å². The average molecular weight is 555 g/mol. The van der Waals surface area contributed by atoms with Crippen LogP contribution in [0.25, 0.3) is 64.0 Å². The Bertz CT molecular complexity index is 1850. The van der Waals surface area contributed by atoms with Gasteiger partial charge in [0.25, 0.3) is 0 Å². The van der Waals surface area contributed by atoms with Gasteiger partial charge in [0.2, 0.25) is 0 Å². The molecule has 0 bridgehead atoms. The molecule has 7 aromatic rings. The summed E-state index contributed by atoms with van der Waals surface area (Å²) >= 11 is 3.97. The fraction of sp³-hybridized carbons (Fsp3) is 0.211. The molecule has 0 radical (unpaired) electrons. The maximum Gasteiger partial charge on any atom is 0.0437 e. The maximum atomic E-state index is 2.50. The number of hydrogen-bond acceptors (Lipinski definition) is 2.